The standard InChI is InChI=1S/C13H18FNO3/c1-9(2)6-15(8-13(17)18)7-10-3-11(14)5-12(16)4-10/h3-5,9,16H,6-8H2,1-2H3,(H,17,18). The number of carboxylic acids is 1. The number of phenols is 1. The molecule has 4 nitrogen and oxygen atoms in total. The zero-order valence-electron chi connectivity index (χ0n) is 10.6. The Kier molecular flexibility index (Phi) is 5.09. The van der Waals surface area contributed by atoms with Gasteiger partial charge in [-0.15, -0.1) is 0 Å². The number of hydrogen-bond acceptors (Lipinski definition) is 3. The number of aromatic hydroxyl groups is 1. The van der Waals surface area contributed by atoms with Gasteiger partial charge in [-0.1, -0.05) is 13.8 Å². The average Bonchev–Trinajstić information content (AvgIpc) is 2.12. The van der Waals surface area contributed by atoms with Crippen LogP contribution in [0.5, 0.6) is 5.75 Å². The maximum absolute atomic E-state index is 13.1. The highest BCUT2D eigenvalue weighted by Gasteiger charge is 2.13. The molecule has 0 aliphatic heterocycles. The van der Waals surface area contributed by atoms with E-state index in [-0.39, 0.29) is 12.3 Å². The molecule has 0 atom stereocenters. The third-order valence-corrected chi connectivity index (χ3v) is 2.33. The van der Waals surface area contributed by atoms with Gasteiger partial charge in [0, 0.05) is 19.2 Å². The zero-order chi connectivity index (χ0) is 13.7. The van der Waals surface area contributed by atoms with Gasteiger partial charge in [-0.3, -0.25) is 9.69 Å². The fraction of sp³-hybridized carbons (Fsp3) is 0.462. The Morgan fingerprint density at radius 1 is 1.39 bits per heavy atom. The van der Waals surface area contributed by atoms with Gasteiger partial charge in [0.05, 0.1) is 6.54 Å². The Labute approximate surface area is 106 Å². The summed E-state index contributed by atoms with van der Waals surface area (Å²) in [6.45, 7) is 4.77. The molecule has 0 bridgehead atoms. The van der Waals surface area contributed by atoms with Gasteiger partial charge in [0.1, 0.15) is 11.6 Å². The van der Waals surface area contributed by atoms with Gasteiger partial charge in [0.25, 0.3) is 0 Å². The van der Waals surface area contributed by atoms with Crippen LogP contribution >= 0.6 is 0 Å². The van der Waals surface area contributed by atoms with Crippen LogP contribution in [0.1, 0.15) is 19.4 Å². The fourth-order valence-corrected chi connectivity index (χ4v) is 1.88. The maximum atomic E-state index is 13.1. The molecule has 1 aromatic carbocycles. The number of carbonyl (C=O) groups is 1. The second-order valence-electron chi connectivity index (χ2n) is 4.77. The van der Waals surface area contributed by atoms with Crippen molar-refractivity contribution in [2.75, 3.05) is 13.1 Å². The molecule has 0 spiro atoms. The molecular weight excluding hydrogens is 237 g/mol. The van der Waals surface area contributed by atoms with Crippen molar-refractivity contribution in [1.82, 2.24) is 4.90 Å². The Bertz CT molecular complexity index is 400. The van der Waals surface area contributed by atoms with Crippen LogP contribution in [0.2, 0.25) is 0 Å². The summed E-state index contributed by atoms with van der Waals surface area (Å²) in [6, 6.07) is 3.76. The normalized spacial score (nSPS) is 11.2. The summed E-state index contributed by atoms with van der Waals surface area (Å²) in [6.07, 6.45) is 0. The molecule has 18 heavy (non-hydrogen) atoms. The van der Waals surface area contributed by atoms with Crippen molar-refractivity contribution in [2.24, 2.45) is 5.92 Å². The first-order valence-electron chi connectivity index (χ1n) is 5.79. The van der Waals surface area contributed by atoms with E-state index in [0.717, 1.165) is 6.07 Å². The molecule has 0 saturated carbocycles. The second kappa shape index (κ2) is 6.35. The Morgan fingerprint density at radius 3 is 2.56 bits per heavy atom. The Balaban J connectivity index is 2.77. The van der Waals surface area contributed by atoms with Gasteiger partial charge in [0.2, 0.25) is 0 Å². The highest BCUT2D eigenvalue weighted by atomic mass is 19.1. The van der Waals surface area contributed by atoms with Gasteiger partial charge in [-0.25, -0.2) is 4.39 Å². The number of halogens is 1. The van der Waals surface area contributed by atoms with Gasteiger partial charge in [0.15, 0.2) is 0 Å². The first-order chi connectivity index (χ1) is 8.36. The molecule has 100 valence electrons. The minimum Gasteiger partial charge on any atom is -0.508 e. The van der Waals surface area contributed by atoms with E-state index in [2.05, 4.69) is 0 Å². The fourth-order valence-electron chi connectivity index (χ4n) is 1.88. The zero-order valence-corrected chi connectivity index (χ0v) is 10.6. The molecule has 0 aromatic heterocycles. The Morgan fingerprint density at radius 2 is 2.06 bits per heavy atom. The molecule has 1 rings (SSSR count). The number of phenolic OH excluding ortho intramolecular Hbond substituents is 1. The first kappa shape index (κ1) is 14.4. The van der Waals surface area contributed by atoms with Crippen molar-refractivity contribution in [3.63, 3.8) is 0 Å². The third kappa shape index (κ3) is 5.14. The lowest BCUT2D eigenvalue weighted by molar-refractivity contribution is -0.138. The van der Waals surface area contributed by atoms with E-state index in [1.165, 1.54) is 12.1 Å². The molecule has 1 aromatic rings. The number of benzene rings is 1. The molecule has 2 N–H and O–H groups in total. The molecule has 0 unspecified atom stereocenters. The first-order valence-corrected chi connectivity index (χ1v) is 5.79. The van der Waals surface area contributed by atoms with Gasteiger partial charge in [-0.2, -0.15) is 0 Å². The lowest BCUT2D eigenvalue weighted by Gasteiger charge is -2.22. The Hall–Kier alpha value is -1.62. The number of rotatable bonds is 6. The van der Waals surface area contributed by atoms with Crippen LogP contribution in [0.25, 0.3) is 0 Å². The van der Waals surface area contributed by atoms with E-state index in [0.29, 0.717) is 24.6 Å². The molecule has 0 aliphatic rings. The van der Waals surface area contributed by atoms with Crippen LogP contribution < -0.4 is 0 Å². The molecule has 0 amide bonds. The van der Waals surface area contributed by atoms with Gasteiger partial charge in [-0.05, 0) is 23.6 Å². The van der Waals surface area contributed by atoms with Crippen LogP contribution in [0.3, 0.4) is 0 Å². The van der Waals surface area contributed by atoms with Crippen molar-refractivity contribution in [1.29, 1.82) is 0 Å². The van der Waals surface area contributed by atoms with Crippen molar-refractivity contribution in [3.05, 3.63) is 29.6 Å². The number of carboxylic acid groups (broad SMARTS) is 1. The van der Waals surface area contributed by atoms with Crippen LogP contribution in [0, 0.1) is 11.7 Å². The molecular formula is C13H18FNO3. The van der Waals surface area contributed by atoms with E-state index >= 15 is 0 Å². The summed E-state index contributed by atoms with van der Waals surface area (Å²) in [4.78, 5) is 12.5. The predicted octanol–water partition coefficient (Wildman–Crippen LogP) is 2.07. The quantitative estimate of drug-likeness (QED) is 0.817. The van der Waals surface area contributed by atoms with Crippen LogP contribution in [0.4, 0.5) is 4.39 Å². The summed E-state index contributed by atoms with van der Waals surface area (Å²) in [7, 11) is 0. The highest BCUT2D eigenvalue weighted by Crippen LogP contribution is 2.16. The average molecular weight is 255 g/mol. The van der Waals surface area contributed by atoms with Crippen molar-refractivity contribution < 1.29 is 19.4 Å². The largest absolute Gasteiger partial charge is 0.508 e. The lowest BCUT2D eigenvalue weighted by atomic mass is 10.1. The maximum Gasteiger partial charge on any atom is 0.317 e. The lowest BCUT2D eigenvalue weighted by Crippen LogP contribution is -2.32. The van der Waals surface area contributed by atoms with E-state index in [1.54, 1.807) is 4.90 Å². The van der Waals surface area contributed by atoms with Crippen LogP contribution in [-0.4, -0.2) is 34.2 Å². The SMILES string of the molecule is CC(C)CN(CC(=O)O)Cc1cc(O)cc(F)c1. The van der Waals surface area contributed by atoms with Gasteiger partial charge >= 0.3 is 5.97 Å². The molecule has 0 aliphatic carbocycles. The predicted molar refractivity (Wildman–Crippen MR) is 65.8 cm³/mol. The minimum atomic E-state index is -0.920. The summed E-state index contributed by atoms with van der Waals surface area (Å²) in [5.74, 6) is -1.28. The monoisotopic (exact) mass is 255 g/mol. The molecule has 5 heteroatoms. The summed E-state index contributed by atoms with van der Waals surface area (Å²) in [5, 5.41) is 18.1. The highest BCUT2D eigenvalue weighted by molar-refractivity contribution is 5.69. The second-order valence-corrected chi connectivity index (χ2v) is 4.77. The molecule has 0 fully saturated rings. The van der Waals surface area contributed by atoms with E-state index in [1.807, 2.05) is 13.8 Å². The van der Waals surface area contributed by atoms with Crippen LogP contribution in [-0.2, 0) is 11.3 Å². The van der Waals surface area contributed by atoms with Crippen molar-refractivity contribution in [3.8, 4) is 5.75 Å². The van der Waals surface area contributed by atoms with Gasteiger partial charge < -0.3 is 10.2 Å². The summed E-state index contributed by atoms with van der Waals surface area (Å²) < 4.78 is 13.1. The van der Waals surface area contributed by atoms with E-state index in [4.69, 9.17) is 5.11 Å². The number of hydrogen-bond donors (Lipinski definition) is 2. The number of nitrogens with zero attached hydrogens (tertiary/aromatic N) is 1. The topological polar surface area (TPSA) is 60.8 Å². The molecule has 0 heterocycles. The smallest absolute Gasteiger partial charge is 0.317 e. The molecule has 0 radical (unpaired) electrons. The minimum absolute atomic E-state index is 0.102. The van der Waals surface area contributed by atoms with E-state index in [9.17, 15) is 14.3 Å². The van der Waals surface area contributed by atoms with Crippen molar-refractivity contribution in [2.45, 2.75) is 20.4 Å². The van der Waals surface area contributed by atoms with Crippen molar-refractivity contribution >= 4 is 5.97 Å². The number of aliphatic carboxylic acids is 1. The van der Waals surface area contributed by atoms with Crippen LogP contribution in [0.15, 0.2) is 18.2 Å². The summed E-state index contributed by atoms with van der Waals surface area (Å²) in [5.41, 5.74) is 0.564. The summed E-state index contributed by atoms with van der Waals surface area (Å²) >= 11 is 0. The third-order valence-electron chi connectivity index (χ3n) is 2.33. The van der Waals surface area contributed by atoms with E-state index < -0.39 is 11.8 Å². The molecule has 0 saturated heterocycles.